The number of nitrogens with zero attached hydrogens (tertiary/aromatic N) is 2. The average Bonchev–Trinajstić information content (AvgIpc) is 3.01. The van der Waals surface area contributed by atoms with Gasteiger partial charge in [0, 0.05) is 15.6 Å². The minimum Gasteiger partial charge on any atom is -0.461 e. The number of allylic oxidation sites excluding steroid dienone is 1. The van der Waals surface area contributed by atoms with E-state index in [1.165, 1.54) is 0 Å². The third-order valence-electron chi connectivity index (χ3n) is 4.36. The van der Waals surface area contributed by atoms with Gasteiger partial charge >= 0.3 is 5.97 Å². The number of aromatic nitrogens is 2. The van der Waals surface area contributed by atoms with Gasteiger partial charge in [-0.25, -0.2) is 9.48 Å². The van der Waals surface area contributed by atoms with Crippen molar-refractivity contribution >= 4 is 52.4 Å². The van der Waals surface area contributed by atoms with Gasteiger partial charge in [0.2, 0.25) is 0 Å². The van der Waals surface area contributed by atoms with Crippen LogP contribution in [0.5, 0.6) is 0 Å². The standard InChI is InChI=1S/C22H19Cl3N2O2/c1-4-29-22(28)20-14(3)21(13(2)11-15-5-7-16(23)8-6-15)27(26-20)19-10-9-17(24)12-18(19)25/h5-12H,4H2,1-3H3/b13-11+. The van der Waals surface area contributed by atoms with E-state index in [2.05, 4.69) is 5.10 Å². The molecule has 0 bridgehead atoms. The first-order chi connectivity index (χ1) is 13.8. The fourth-order valence-electron chi connectivity index (χ4n) is 3.06. The van der Waals surface area contributed by atoms with E-state index in [9.17, 15) is 4.79 Å². The molecule has 3 aromatic rings. The number of halogens is 3. The Labute approximate surface area is 184 Å². The Morgan fingerprint density at radius 3 is 2.38 bits per heavy atom. The third-order valence-corrected chi connectivity index (χ3v) is 5.15. The molecular weight excluding hydrogens is 431 g/mol. The number of ether oxygens (including phenoxy) is 1. The maximum atomic E-state index is 12.4. The van der Waals surface area contributed by atoms with Crippen LogP contribution in [0.25, 0.3) is 17.3 Å². The lowest BCUT2D eigenvalue weighted by molar-refractivity contribution is 0.0518. The summed E-state index contributed by atoms with van der Waals surface area (Å²) in [5.74, 6) is -0.477. The normalized spacial score (nSPS) is 11.6. The SMILES string of the molecule is CCOC(=O)c1nn(-c2ccc(Cl)cc2Cl)c(/C(C)=C/c2ccc(Cl)cc2)c1C. The molecule has 4 nitrogen and oxygen atoms in total. The maximum Gasteiger partial charge on any atom is 0.359 e. The summed E-state index contributed by atoms with van der Waals surface area (Å²) in [6.07, 6.45) is 2.00. The fraction of sp³-hybridized carbons (Fsp3) is 0.182. The smallest absolute Gasteiger partial charge is 0.359 e. The Morgan fingerprint density at radius 1 is 1.10 bits per heavy atom. The predicted octanol–water partition coefficient (Wildman–Crippen LogP) is 6.88. The van der Waals surface area contributed by atoms with Crippen LogP contribution in [0.3, 0.4) is 0 Å². The van der Waals surface area contributed by atoms with Crippen molar-refractivity contribution in [3.05, 3.63) is 80.0 Å². The van der Waals surface area contributed by atoms with Gasteiger partial charge in [0.05, 0.1) is 23.0 Å². The molecule has 1 aromatic heterocycles. The molecule has 0 amide bonds. The van der Waals surface area contributed by atoms with Crippen LogP contribution in [0, 0.1) is 6.92 Å². The zero-order chi connectivity index (χ0) is 21.1. The first-order valence-corrected chi connectivity index (χ1v) is 10.1. The molecular formula is C22H19Cl3N2O2. The Kier molecular flexibility index (Phi) is 6.68. The molecule has 0 saturated carbocycles. The van der Waals surface area contributed by atoms with E-state index >= 15 is 0 Å². The van der Waals surface area contributed by atoms with Crippen molar-refractivity contribution in [1.82, 2.24) is 9.78 Å². The van der Waals surface area contributed by atoms with Crippen molar-refractivity contribution in [3.63, 3.8) is 0 Å². The number of esters is 1. The summed E-state index contributed by atoms with van der Waals surface area (Å²) in [6, 6.07) is 12.6. The largest absolute Gasteiger partial charge is 0.461 e. The minimum absolute atomic E-state index is 0.247. The van der Waals surface area contributed by atoms with E-state index in [1.807, 2.05) is 44.2 Å². The lowest BCUT2D eigenvalue weighted by Crippen LogP contribution is -2.08. The highest BCUT2D eigenvalue weighted by molar-refractivity contribution is 6.35. The van der Waals surface area contributed by atoms with E-state index in [1.54, 1.807) is 29.8 Å². The summed E-state index contributed by atoms with van der Waals surface area (Å²) in [5, 5.41) is 6.13. The molecule has 0 aliphatic heterocycles. The Morgan fingerprint density at radius 2 is 1.76 bits per heavy atom. The highest BCUT2D eigenvalue weighted by Crippen LogP contribution is 2.31. The van der Waals surface area contributed by atoms with Crippen LogP contribution in [0.2, 0.25) is 15.1 Å². The van der Waals surface area contributed by atoms with Crippen LogP contribution in [0.4, 0.5) is 0 Å². The van der Waals surface area contributed by atoms with Crippen molar-refractivity contribution in [1.29, 1.82) is 0 Å². The number of hydrogen-bond donors (Lipinski definition) is 0. The fourth-order valence-corrected chi connectivity index (χ4v) is 3.67. The van der Waals surface area contributed by atoms with Gasteiger partial charge in [-0.1, -0.05) is 46.9 Å². The number of rotatable bonds is 5. The highest BCUT2D eigenvalue weighted by atomic mass is 35.5. The number of carbonyl (C=O) groups excluding carboxylic acids is 1. The van der Waals surface area contributed by atoms with Crippen molar-refractivity contribution < 1.29 is 9.53 Å². The van der Waals surface area contributed by atoms with Crippen molar-refractivity contribution in [2.24, 2.45) is 0 Å². The average molecular weight is 450 g/mol. The number of carbonyl (C=O) groups is 1. The van der Waals surface area contributed by atoms with Crippen molar-refractivity contribution in [2.45, 2.75) is 20.8 Å². The van der Waals surface area contributed by atoms with Crippen LogP contribution in [-0.2, 0) is 4.74 Å². The quantitative estimate of drug-likeness (QED) is 0.399. The van der Waals surface area contributed by atoms with Crippen LogP contribution >= 0.6 is 34.8 Å². The molecule has 0 aliphatic carbocycles. The second kappa shape index (κ2) is 9.04. The lowest BCUT2D eigenvalue weighted by Gasteiger charge is -2.11. The lowest BCUT2D eigenvalue weighted by atomic mass is 10.0. The molecule has 0 unspecified atom stereocenters. The molecule has 0 atom stereocenters. The minimum atomic E-state index is -0.477. The summed E-state index contributed by atoms with van der Waals surface area (Å²) in [5.41, 5.74) is 4.20. The Hall–Kier alpha value is -2.27. The van der Waals surface area contributed by atoms with Gasteiger partial charge in [-0.3, -0.25) is 0 Å². The summed E-state index contributed by atoms with van der Waals surface area (Å²) in [4.78, 5) is 12.4. The summed E-state index contributed by atoms with van der Waals surface area (Å²) in [7, 11) is 0. The van der Waals surface area contributed by atoms with Crippen LogP contribution in [0.1, 0.15) is 41.2 Å². The second-order valence-corrected chi connectivity index (χ2v) is 7.71. The highest BCUT2D eigenvalue weighted by Gasteiger charge is 2.23. The molecule has 3 rings (SSSR count). The Bertz CT molecular complexity index is 1090. The topological polar surface area (TPSA) is 44.1 Å². The maximum absolute atomic E-state index is 12.4. The molecule has 29 heavy (non-hydrogen) atoms. The summed E-state index contributed by atoms with van der Waals surface area (Å²) >= 11 is 18.5. The molecule has 0 N–H and O–H groups in total. The first-order valence-electron chi connectivity index (χ1n) is 8.98. The number of hydrogen-bond acceptors (Lipinski definition) is 3. The molecule has 0 aliphatic rings. The Balaban J connectivity index is 2.20. The molecule has 0 fully saturated rings. The van der Waals surface area contributed by atoms with Crippen LogP contribution < -0.4 is 0 Å². The van der Waals surface area contributed by atoms with Crippen LogP contribution in [0.15, 0.2) is 42.5 Å². The van der Waals surface area contributed by atoms with Gasteiger partial charge < -0.3 is 4.74 Å². The molecule has 150 valence electrons. The van der Waals surface area contributed by atoms with Crippen LogP contribution in [-0.4, -0.2) is 22.4 Å². The second-order valence-electron chi connectivity index (χ2n) is 6.43. The van der Waals surface area contributed by atoms with E-state index in [4.69, 9.17) is 39.5 Å². The predicted molar refractivity (Wildman–Crippen MR) is 119 cm³/mol. The monoisotopic (exact) mass is 448 g/mol. The third kappa shape index (κ3) is 4.67. The van der Waals surface area contributed by atoms with Gasteiger partial charge in [-0.05, 0) is 68.3 Å². The molecule has 1 heterocycles. The summed E-state index contributed by atoms with van der Waals surface area (Å²) < 4.78 is 6.83. The van der Waals surface area contributed by atoms with Crippen molar-refractivity contribution in [2.75, 3.05) is 6.61 Å². The van der Waals surface area contributed by atoms with Gasteiger partial charge in [-0.15, -0.1) is 0 Å². The van der Waals surface area contributed by atoms with Gasteiger partial charge in [-0.2, -0.15) is 5.10 Å². The molecule has 7 heteroatoms. The van der Waals surface area contributed by atoms with Crippen molar-refractivity contribution in [3.8, 4) is 5.69 Å². The van der Waals surface area contributed by atoms with E-state index in [0.717, 1.165) is 16.8 Å². The van der Waals surface area contributed by atoms with Gasteiger partial charge in [0.1, 0.15) is 0 Å². The zero-order valence-corrected chi connectivity index (χ0v) is 18.4. The molecule has 0 saturated heterocycles. The molecule has 0 radical (unpaired) electrons. The van der Waals surface area contributed by atoms with Gasteiger partial charge in [0.25, 0.3) is 0 Å². The van der Waals surface area contributed by atoms with E-state index in [0.29, 0.717) is 26.3 Å². The molecule has 0 spiro atoms. The molecule has 2 aromatic carbocycles. The van der Waals surface area contributed by atoms with E-state index in [-0.39, 0.29) is 12.3 Å². The van der Waals surface area contributed by atoms with Gasteiger partial charge in [0.15, 0.2) is 5.69 Å². The number of benzene rings is 2. The summed E-state index contributed by atoms with van der Waals surface area (Å²) in [6.45, 7) is 5.82. The zero-order valence-electron chi connectivity index (χ0n) is 16.2. The first kappa shape index (κ1) is 21.4. The van der Waals surface area contributed by atoms with E-state index < -0.39 is 5.97 Å².